The molecule has 0 aliphatic carbocycles. The Balaban J connectivity index is 2.16. The topological polar surface area (TPSA) is 49.8 Å². The summed E-state index contributed by atoms with van der Waals surface area (Å²) < 4.78 is 5.37. The quantitative estimate of drug-likeness (QED) is 0.829. The summed E-state index contributed by atoms with van der Waals surface area (Å²) in [5, 5.41) is 9.52. The van der Waals surface area contributed by atoms with E-state index in [0.717, 1.165) is 18.5 Å². The van der Waals surface area contributed by atoms with E-state index in [2.05, 4.69) is 4.90 Å². The molecule has 92 valence electrons. The van der Waals surface area contributed by atoms with Gasteiger partial charge in [-0.3, -0.25) is 4.79 Å². The molecule has 1 aromatic carbocycles. The van der Waals surface area contributed by atoms with Gasteiger partial charge >= 0.3 is 0 Å². The Kier molecular flexibility index (Phi) is 3.99. The van der Waals surface area contributed by atoms with Crippen molar-refractivity contribution in [2.24, 2.45) is 0 Å². The number of carbonyl (C=O) groups excluding carboxylic acids is 1. The van der Waals surface area contributed by atoms with Crippen LogP contribution in [0.15, 0.2) is 18.2 Å². The predicted octanol–water partition coefficient (Wildman–Crippen LogP) is 1.35. The first-order chi connectivity index (χ1) is 8.24. The van der Waals surface area contributed by atoms with Gasteiger partial charge in [0.05, 0.1) is 24.3 Å². The lowest BCUT2D eigenvalue weighted by molar-refractivity contribution is 0.00357. The largest absolute Gasteiger partial charge is 0.394 e. The lowest BCUT2D eigenvalue weighted by Gasteiger charge is -2.33. The number of hydrogen-bond donors (Lipinski definition) is 1. The molecule has 4 nitrogen and oxygen atoms in total. The SMILES string of the molecule is O=Cc1ccc(N2CCOC(CO)C2)cc1Cl. The van der Waals surface area contributed by atoms with Crippen LogP contribution in [-0.4, -0.2) is 43.8 Å². The van der Waals surface area contributed by atoms with Crippen molar-refractivity contribution in [3.05, 3.63) is 28.8 Å². The van der Waals surface area contributed by atoms with Gasteiger partial charge in [-0.05, 0) is 18.2 Å². The summed E-state index contributed by atoms with van der Waals surface area (Å²) in [7, 11) is 0. The van der Waals surface area contributed by atoms with Crippen molar-refractivity contribution in [3.8, 4) is 0 Å². The van der Waals surface area contributed by atoms with Crippen LogP contribution in [0, 0.1) is 0 Å². The molecule has 5 heteroatoms. The van der Waals surface area contributed by atoms with Gasteiger partial charge in [0.25, 0.3) is 0 Å². The Morgan fingerprint density at radius 2 is 2.41 bits per heavy atom. The standard InChI is InChI=1S/C12H14ClNO3/c13-12-5-10(2-1-9(12)7-15)14-3-4-17-11(6-14)8-16/h1-2,5,7,11,16H,3-4,6,8H2. The van der Waals surface area contributed by atoms with Crippen LogP contribution >= 0.6 is 11.6 Å². The molecular formula is C12H14ClNO3. The number of anilines is 1. The third kappa shape index (κ3) is 2.77. The number of morpholine rings is 1. The third-order valence-electron chi connectivity index (χ3n) is 2.82. The van der Waals surface area contributed by atoms with E-state index in [1.807, 2.05) is 6.07 Å². The molecule has 0 saturated carbocycles. The number of hydrogen-bond acceptors (Lipinski definition) is 4. The van der Waals surface area contributed by atoms with Crippen molar-refractivity contribution in [1.29, 1.82) is 0 Å². The van der Waals surface area contributed by atoms with Crippen molar-refractivity contribution < 1.29 is 14.6 Å². The Bertz CT molecular complexity index is 411. The summed E-state index contributed by atoms with van der Waals surface area (Å²) in [5.74, 6) is 0. The van der Waals surface area contributed by atoms with E-state index in [1.165, 1.54) is 0 Å². The van der Waals surface area contributed by atoms with Crippen LogP contribution in [0.2, 0.25) is 5.02 Å². The average Bonchev–Trinajstić information content (AvgIpc) is 2.38. The molecule has 0 spiro atoms. The zero-order valence-corrected chi connectivity index (χ0v) is 10.1. The Labute approximate surface area is 105 Å². The van der Waals surface area contributed by atoms with Gasteiger partial charge in [-0.1, -0.05) is 11.6 Å². The maximum Gasteiger partial charge on any atom is 0.151 e. The van der Waals surface area contributed by atoms with Gasteiger partial charge in [-0.25, -0.2) is 0 Å². The maximum atomic E-state index is 10.7. The summed E-state index contributed by atoms with van der Waals surface area (Å²) >= 11 is 5.98. The number of halogens is 1. The molecule has 1 aliphatic heterocycles. The highest BCUT2D eigenvalue weighted by Crippen LogP contribution is 2.24. The fourth-order valence-electron chi connectivity index (χ4n) is 1.87. The Morgan fingerprint density at radius 1 is 1.59 bits per heavy atom. The fraction of sp³-hybridized carbons (Fsp3) is 0.417. The van der Waals surface area contributed by atoms with Crippen LogP contribution in [0.4, 0.5) is 5.69 Å². The van der Waals surface area contributed by atoms with Crippen molar-refractivity contribution in [2.45, 2.75) is 6.10 Å². The van der Waals surface area contributed by atoms with Crippen LogP contribution in [0.5, 0.6) is 0 Å². The molecule has 0 amide bonds. The lowest BCUT2D eigenvalue weighted by atomic mass is 10.2. The van der Waals surface area contributed by atoms with Gasteiger partial charge in [0.15, 0.2) is 6.29 Å². The first-order valence-corrected chi connectivity index (χ1v) is 5.84. The van der Waals surface area contributed by atoms with Crippen LogP contribution in [0.1, 0.15) is 10.4 Å². The molecule has 1 N–H and O–H groups in total. The van der Waals surface area contributed by atoms with Crippen LogP contribution in [-0.2, 0) is 4.74 Å². The number of ether oxygens (including phenoxy) is 1. The van der Waals surface area contributed by atoms with E-state index in [1.54, 1.807) is 12.1 Å². The fourth-order valence-corrected chi connectivity index (χ4v) is 2.09. The molecule has 2 rings (SSSR count). The highest BCUT2D eigenvalue weighted by Gasteiger charge is 2.20. The van der Waals surface area contributed by atoms with E-state index in [0.29, 0.717) is 23.7 Å². The van der Waals surface area contributed by atoms with Gasteiger partial charge in [0.2, 0.25) is 0 Å². The first kappa shape index (κ1) is 12.4. The van der Waals surface area contributed by atoms with Crippen LogP contribution in [0.25, 0.3) is 0 Å². The zero-order valence-electron chi connectivity index (χ0n) is 9.30. The summed E-state index contributed by atoms with van der Waals surface area (Å²) in [4.78, 5) is 12.8. The van der Waals surface area contributed by atoms with E-state index in [-0.39, 0.29) is 12.7 Å². The number of aldehydes is 1. The van der Waals surface area contributed by atoms with Gasteiger partial charge in [0, 0.05) is 24.3 Å². The Morgan fingerprint density at radius 3 is 3.06 bits per heavy atom. The number of nitrogens with zero attached hydrogens (tertiary/aromatic N) is 1. The minimum Gasteiger partial charge on any atom is -0.394 e. The number of aliphatic hydroxyl groups excluding tert-OH is 1. The molecule has 1 heterocycles. The van der Waals surface area contributed by atoms with Crippen LogP contribution in [0.3, 0.4) is 0 Å². The zero-order chi connectivity index (χ0) is 12.3. The molecule has 0 radical (unpaired) electrons. The van der Waals surface area contributed by atoms with E-state index in [9.17, 15) is 4.79 Å². The monoisotopic (exact) mass is 255 g/mol. The molecule has 0 aromatic heterocycles. The predicted molar refractivity (Wildman–Crippen MR) is 65.9 cm³/mol. The van der Waals surface area contributed by atoms with E-state index >= 15 is 0 Å². The lowest BCUT2D eigenvalue weighted by Crippen LogP contribution is -2.44. The summed E-state index contributed by atoms with van der Waals surface area (Å²) in [6.07, 6.45) is 0.579. The maximum absolute atomic E-state index is 10.7. The molecule has 1 aromatic rings. The molecule has 1 atom stereocenters. The first-order valence-electron chi connectivity index (χ1n) is 5.46. The molecule has 1 aliphatic rings. The van der Waals surface area contributed by atoms with Crippen molar-refractivity contribution in [3.63, 3.8) is 0 Å². The second-order valence-electron chi connectivity index (χ2n) is 3.95. The Hall–Kier alpha value is -1.10. The van der Waals surface area contributed by atoms with E-state index < -0.39 is 0 Å². The summed E-state index contributed by atoms with van der Waals surface area (Å²) in [6, 6.07) is 5.33. The molecule has 0 bridgehead atoms. The molecule has 17 heavy (non-hydrogen) atoms. The number of carbonyl (C=O) groups is 1. The number of benzene rings is 1. The number of aliphatic hydroxyl groups is 1. The van der Waals surface area contributed by atoms with Gasteiger partial charge < -0.3 is 14.7 Å². The normalized spacial score (nSPS) is 20.4. The average molecular weight is 256 g/mol. The molecule has 1 saturated heterocycles. The number of rotatable bonds is 3. The van der Waals surface area contributed by atoms with Crippen molar-refractivity contribution in [2.75, 3.05) is 31.2 Å². The minimum absolute atomic E-state index is 0.0106. The highest BCUT2D eigenvalue weighted by atomic mass is 35.5. The molecule has 1 fully saturated rings. The minimum atomic E-state index is -0.159. The van der Waals surface area contributed by atoms with Gasteiger partial charge in [0.1, 0.15) is 0 Å². The second kappa shape index (κ2) is 5.49. The van der Waals surface area contributed by atoms with Crippen molar-refractivity contribution in [1.82, 2.24) is 0 Å². The van der Waals surface area contributed by atoms with Gasteiger partial charge in [-0.2, -0.15) is 0 Å². The van der Waals surface area contributed by atoms with Crippen molar-refractivity contribution >= 4 is 23.6 Å². The summed E-state index contributed by atoms with van der Waals surface area (Å²) in [6.45, 7) is 1.98. The second-order valence-corrected chi connectivity index (χ2v) is 4.35. The van der Waals surface area contributed by atoms with Crippen LogP contribution < -0.4 is 4.90 Å². The smallest absolute Gasteiger partial charge is 0.151 e. The molecular weight excluding hydrogens is 242 g/mol. The molecule has 1 unspecified atom stereocenters. The highest BCUT2D eigenvalue weighted by molar-refractivity contribution is 6.33. The summed E-state index contributed by atoms with van der Waals surface area (Å²) in [5.41, 5.74) is 1.43. The third-order valence-corrected chi connectivity index (χ3v) is 3.15. The van der Waals surface area contributed by atoms with E-state index in [4.69, 9.17) is 21.4 Å². The van der Waals surface area contributed by atoms with Gasteiger partial charge in [-0.15, -0.1) is 0 Å².